The summed E-state index contributed by atoms with van der Waals surface area (Å²) in [5.74, 6) is 0.0485. The first kappa shape index (κ1) is 18.9. The fraction of sp³-hybridized carbons (Fsp3) is 0.316. The van der Waals surface area contributed by atoms with Crippen molar-refractivity contribution >= 4 is 5.91 Å². The Balaban J connectivity index is 1.81. The number of benzene rings is 2. The predicted molar refractivity (Wildman–Crippen MR) is 92.4 cm³/mol. The third-order valence-electron chi connectivity index (χ3n) is 3.69. The van der Waals surface area contributed by atoms with Crippen LogP contribution in [0.3, 0.4) is 0 Å². The van der Waals surface area contributed by atoms with Crippen LogP contribution < -0.4 is 10.1 Å². The number of carbonyl (C=O) groups excluding carboxylic acids is 1. The molecule has 0 radical (unpaired) electrons. The molecule has 2 aromatic carbocycles. The molecule has 0 saturated carbocycles. The molecule has 0 unspecified atom stereocenters. The molecule has 134 valence electrons. The van der Waals surface area contributed by atoms with Gasteiger partial charge >= 0.3 is 6.61 Å². The highest BCUT2D eigenvalue weighted by Gasteiger charge is 2.12. The van der Waals surface area contributed by atoms with Crippen LogP contribution in [0, 0.1) is 0 Å². The molecule has 0 saturated heterocycles. The summed E-state index contributed by atoms with van der Waals surface area (Å²) in [6, 6.07) is 16.1. The Labute approximate surface area is 146 Å². The minimum absolute atomic E-state index is 0.0621. The summed E-state index contributed by atoms with van der Waals surface area (Å²) >= 11 is 0. The Bertz CT molecular complexity index is 663. The van der Waals surface area contributed by atoms with Gasteiger partial charge in [-0.2, -0.15) is 8.78 Å². The van der Waals surface area contributed by atoms with E-state index in [-0.39, 0.29) is 24.2 Å². The van der Waals surface area contributed by atoms with Crippen LogP contribution in [0.15, 0.2) is 54.6 Å². The van der Waals surface area contributed by atoms with Crippen molar-refractivity contribution in [2.24, 2.45) is 0 Å². The smallest absolute Gasteiger partial charge is 0.387 e. The monoisotopic (exact) mass is 348 g/mol. The standard InChI is InChI=1S/C19H22F2N2O2/c1-14(16-6-4-3-5-7-16)22-18(24)13-23(2)12-15-8-10-17(11-9-15)25-19(20)21/h3-11,14,19H,12-13H2,1-2H3,(H,22,24)/t14-/m0/s1. The number of carbonyl (C=O) groups is 1. The molecule has 1 atom stereocenters. The maximum atomic E-state index is 12.1. The summed E-state index contributed by atoms with van der Waals surface area (Å²) in [6.07, 6.45) is 0. The number of hydrogen-bond donors (Lipinski definition) is 1. The molecule has 0 bridgehead atoms. The number of nitrogens with one attached hydrogen (secondary N) is 1. The second kappa shape index (κ2) is 9.13. The van der Waals surface area contributed by atoms with E-state index in [1.807, 2.05) is 49.2 Å². The molecule has 0 aliphatic heterocycles. The third kappa shape index (κ3) is 6.51. The molecule has 25 heavy (non-hydrogen) atoms. The van der Waals surface area contributed by atoms with E-state index in [2.05, 4.69) is 10.1 Å². The van der Waals surface area contributed by atoms with Gasteiger partial charge in [-0.15, -0.1) is 0 Å². The molecule has 0 fully saturated rings. The molecule has 6 heteroatoms. The maximum Gasteiger partial charge on any atom is 0.387 e. The predicted octanol–water partition coefficient (Wildman–Crippen LogP) is 3.60. The summed E-state index contributed by atoms with van der Waals surface area (Å²) in [4.78, 5) is 14.0. The van der Waals surface area contributed by atoms with Crippen LogP contribution in [-0.2, 0) is 11.3 Å². The number of nitrogens with zero attached hydrogens (tertiary/aromatic N) is 1. The highest BCUT2D eigenvalue weighted by Crippen LogP contribution is 2.16. The third-order valence-corrected chi connectivity index (χ3v) is 3.69. The fourth-order valence-electron chi connectivity index (χ4n) is 2.50. The van der Waals surface area contributed by atoms with Crippen LogP contribution in [0.25, 0.3) is 0 Å². The first-order valence-electron chi connectivity index (χ1n) is 8.00. The Morgan fingerprint density at radius 1 is 1.12 bits per heavy atom. The average Bonchev–Trinajstić information content (AvgIpc) is 2.56. The average molecular weight is 348 g/mol. The van der Waals surface area contributed by atoms with Crippen molar-refractivity contribution in [2.45, 2.75) is 26.1 Å². The van der Waals surface area contributed by atoms with Crippen LogP contribution in [0.5, 0.6) is 5.75 Å². The summed E-state index contributed by atoms with van der Waals surface area (Å²) in [5.41, 5.74) is 1.96. The number of ether oxygens (including phenoxy) is 1. The van der Waals surface area contributed by atoms with Gasteiger partial charge in [0.25, 0.3) is 0 Å². The molecule has 2 rings (SSSR count). The molecule has 1 amide bonds. The van der Waals surface area contributed by atoms with Gasteiger partial charge in [-0.3, -0.25) is 9.69 Å². The highest BCUT2D eigenvalue weighted by atomic mass is 19.3. The van der Waals surface area contributed by atoms with Crippen molar-refractivity contribution < 1.29 is 18.3 Å². The van der Waals surface area contributed by atoms with Crippen LogP contribution in [0.2, 0.25) is 0 Å². The lowest BCUT2D eigenvalue weighted by Gasteiger charge is -2.19. The largest absolute Gasteiger partial charge is 0.435 e. The number of halogens is 2. The second-order valence-corrected chi connectivity index (χ2v) is 5.89. The molecular formula is C19H22F2N2O2. The number of likely N-dealkylation sites (N-methyl/N-ethyl adjacent to an activating group) is 1. The SMILES string of the molecule is C[C@H](NC(=O)CN(C)Cc1ccc(OC(F)F)cc1)c1ccccc1. The number of alkyl halides is 2. The van der Waals surface area contributed by atoms with E-state index in [0.29, 0.717) is 6.54 Å². The Morgan fingerprint density at radius 2 is 1.76 bits per heavy atom. The van der Waals surface area contributed by atoms with Gasteiger partial charge in [-0.1, -0.05) is 42.5 Å². The summed E-state index contributed by atoms with van der Waals surface area (Å²) in [6.45, 7) is -0.118. The van der Waals surface area contributed by atoms with Crippen LogP contribution in [0.1, 0.15) is 24.1 Å². The van der Waals surface area contributed by atoms with Gasteiger partial charge in [0.1, 0.15) is 5.75 Å². The van der Waals surface area contributed by atoms with Gasteiger partial charge in [-0.05, 0) is 37.2 Å². The van der Waals surface area contributed by atoms with Crippen molar-refractivity contribution in [3.63, 3.8) is 0 Å². The van der Waals surface area contributed by atoms with Crippen molar-refractivity contribution in [1.29, 1.82) is 0 Å². The van der Waals surface area contributed by atoms with E-state index in [1.54, 1.807) is 12.1 Å². The Morgan fingerprint density at radius 3 is 2.36 bits per heavy atom. The van der Waals surface area contributed by atoms with Crippen molar-refractivity contribution in [2.75, 3.05) is 13.6 Å². The molecule has 1 N–H and O–H groups in total. The minimum atomic E-state index is -2.83. The molecule has 0 heterocycles. The lowest BCUT2D eigenvalue weighted by molar-refractivity contribution is -0.122. The molecule has 0 spiro atoms. The van der Waals surface area contributed by atoms with E-state index in [9.17, 15) is 13.6 Å². The minimum Gasteiger partial charge on any atom is -0.435 e. The number of rotatable bonds is 8. The molecule has 0 aromatic heterocycles. The second-order valence-electron chi connectivity index (χ2n) is 5.89. The first-order chi connectivity index (χ1) is 11.9. The van der Waals surface area contributed by atoms with E-state index >= 15 is 0 Å². The summed E-state index contributed by atoms with van der Waals surface area (Å²) in [7, 11) is 1.83. The van der Waals surface area contributed by atoms with E-state index in [0.717, 1.165) is 11.1 Å². The first-order valence-corrected chi connectivity index (χ1v) is 8.00. The van der Waals surface area contributed by atoms with Gasteiger partial charge in [-0.25, -0.2) is 0 Å². The highest BCUT2D eigenvalue weighted by molar-refractivity contribution is 5.78. The van der Waals surface area contributed by atoms with E-state index in [4.69, 9.17) is 0 Å². The zero-order chi connectivity index (χ0) is 18.2. The quantitative estimate of drug-likeness (QED) is 0.793. The van der Waals surface area contributed by atoms with Crippen LogP contribution in [-0.4, -0.2) is 31.0 Å². The van der Waals surface area contributed by atoms with Gasteiger partial charge in [0.15, 0.2) is 0 Å². The summed E-state index contributed by atoms with van der Waals surface area (Å²) < 4.78 is 28.6. The van der Waals surface area contributed by atoms with Crippen molar-refractivity contribution in [1.82, 2.24) is 10.2 Å². The van der Waals surface area contributed by atoms with Gasteiger partial charge < -0.3 is 10.1 Å². The van der Waals surface area contributed by atoms with Crippen molar-refractivity contribution in [3.8, 4) is 5.75 Å². The molecule has 2 aromatic rings. The lowest BCUT2D eigenvalue weighted by Crippen LogP contribution is -2.36. The van der Waals surface area contributed by atoms with E-state index < -0.39 is 6.61 Å². The number of hydrogen-bond acceptors (Lipinski definition) is 3. The maximum absolute atomic E-state index is 12.1. The molecule has 0 aliphatic carbocycles. The lowest BCUT2D eigenvalue weighted by atomic mass is 10.1. The van der Waals surface area contributed by atoms with Gasteiger partial charge in [0.2, 0.25) is 5.91 Å². The fourth-order valence-corrected chi connectivity index (χ4v) is 2.50. The summed E-state index contributed by atoms with van der Waals surface area (Å²) in [5, 5.41) is 2.96. The van der Waals surface area contributed by atoms with Gasteiger partial charge in [0, 0.05) is 6.54 Å². The molecule has 0 aliphatic rings. The molecule has 4 nitrogen and oxygen atoms in total. The van der Waals surface area contributed by atoms with E-state index in [1.165, 1.54) is 12.1 Å². The normalized spacial score (nSPS) is 12.2. The Hall–Kier alpha value is -2.47. The van der Waals surface area contributed by atoms with Crippen LogP contribution in [0.4, 0.5) is 8.78 Å². The Kier molecular flexibility index (Phi) is 6.89. The molecular weight excluding hydrogens is 326 g/mol. The van der Waals surface area contributed by atoms with Gasteiger partial charge in [0.05, 0.1) is 12.6 Å². The van der Waals surface area contributed by atoms with Crippen LogP contribution >= 0.6 is 0 Å². The zero-order valence-corrected chi connectivity index (χ0v) is 14.3. The number of amides is 1. The topological polar surface area (TPSA) is 41.6 Å². The van der Waals surface area contributed by atoms with Crippen molar-refractivity contribution in [3.05, 3.63) is 65.7 Å². The zero-order valence-electron chi connectivity index (χ0n) is 14.3.